The molecule has 0 atom stereocenters. The van der Waals surface area contributed by atoms with Crippen LogP contribution in [0.5, 0.6) is 0 Å². The maximum absolute atomic E-state index is 12.6. The molecule has 3 rings (SSSR count). The largest absolute Gasteiger partial charge is 0.408 e. The van der Waals surface area contributed by atoms with E-state index in [2.05, 4.69) is 15.5 Å². The van der Waals surface area contributed by atoms with Gasteiger partial charge in [-0.3, -0.25) is 10.1 Å². The topological polar surface area (TPSA) is 105 Å². The highest BCUT2D eigenvalue weighted by Gasteiger charge is 2.26. The number of sulfonamides is 1. The highest BCUT2D eigenvalue weighted by atomic mass is 32.2. The first-order valence-corrected chi connectivity index (χ1v) is 9.68. The fourth-order valence-corrected chi connectivity index (χ4v) is 4.17. The van der Waals surface area contributed by atoms with E-state index in [1.54, 1.807) is 0 Å². The predicted molar refractivity (Wildman–Crippen MR) is 90.7 cm³/mol. The highest BCUT2D eigenvalue weighted by Crippen LogP contribution is 2.21. The van der Waals surface area contributed by atoms with Crippen LogP contribution in [0, 0.1) is 0 Å². The van der Waals surface area contributed by atoms with Crippen LogP contribution >= 0.6 is 0 Å². The molecule has 1 fully saturated rings. The number of aromatic nitrogens is 2. The number of nitrogens with zero attached hydrogens (tertiary/aromatic N) is 3. The van der Waals surface area contributed by atoms with Gasteiger partial charge in [-0.25, -0.2) is 8.42 Å². The third-order valence-electron chi connectivity index (χ3n) is 4.06. The second kappa shape index (κ2) is 7.32. The Morgan fingerprint density at radius 2 is 1.84 bits per heavy atom. The van der Waals surface area contributed by atoms with Crippen molar-refractivity contribution in [3.05, 3.63) is 35.7 Å². The summed E-state index contributed by atoms with van der Waals surface area (Å²) >= 11 is 0. The minimum absolute atomic E-state index is 0.0202. The number of amides is 1. The average molecular weight is 364 g/mol. The van der Waals surface area contributed by atoms with Crippen molar-refractivity contribution in [2.75, 3.05) is 18.4 Å². The van der Waals surface area contributed by atoms with Gasteiger partial charge in [0.15, 0.2) is 0 Å². The van der Waals surface area contributed by atoms with Gasteiger partial charge in [0, 0.05) is 25.1 Å². The van der Waals surface area contributed by atoms with Gasteiger partial charge in [0.1, 0.15) is 0 Å². The van der Waals surface area contributed by atoms with Crippen LogP contribution in [0.25, 0.3) is 0 Å². The van der Waals surface area contributed by atoms with E-state index in [0.717, 1.165) is 19.3 Å². The number of hydrogen-bond acceptors (Lipinski definition) is 6. The molecule has 0 unspecified atom stereocenters. The molecule has 2 aromatic rings. The summed E-state index contributed by atoms with van der Waals surface area (Å²) in [6.45, 7) is 2.95. The molecule has 0 aliphatic carbocycles. The minimum atomic E-state index is -3.50. The summed E-state index contributed by atoms with van der Waals surface area (Å²) in [5.74, 6) is -0.00787. The van der Waals surface area contributed by atoms with E-state index >= 15 is 0 Å². The van der Waals surface area contributed by atoms with Crippen molar-refractivity contribution in [1.29, 1.82) is 0 Å². The zero-order valence-electron chi connectivity index (χ0n) is 13.9. The molecule has 134 valence electrons. The Balaban J connectivity index is 1.71. The maximum atomic E-state index is 12.6. The molecule has 25 heavy (non-hydrogen) atoms. The number of hydrogen-bond donors (Lipinski definition) is 1. The van der Waals surface area contributed by atoms with E-state index in [4.69, 9.17) is 4.42 Å². The van der Waals surface area contributed by atoms with Crippen molar-refractivity contribution < 1.29 is 17.6 Å². The van der Waals surface area contributed by atoms with Gasteiger partial charge < -0.3 is 4.42 Å². The van der Waals surface area contributed by atoms with E-state index < -0.39 is 15.9 Å². The van der Waals surface area contributed by atoms with Crippen LogP contribution in [0.3, 0.4) is 0 Å². The number of carbonyl (C=O) groups is 1. The molecule has 1 aliphatic heterocycles. The molecular weight excluding hydrogens is 344 g/mol. The van der Waals surface area contributed by atoms with Gasteiger partial charge in [-0.2, -0.15) is 4.31 Å². The second-order valence-electron chi connectivity index (χ2n) is 5.80. The zero-order valence-corrected chi connectivity index (χ0v) is 14.8. The molecule has 1 aromatic heterocycles. The Bertz CT molecular complexity index is 839. The van der Waals surface area contributed by atoms with Crippen LogP contribution in [0.1, 0.15) is 42.4 Å². The van der Waals surface area contributed by atoms with Gasteiger partial charge in [-0.15, -0.1) is 5.10 Å². The number of rotatable bonds is 5. The Labute approximate surface area is 146 Å². The molecule has 1 N–H and O–H groups in total. The molecule has 1 aromatic carbocycles. The number of carbonyl (C=O) groups excluding carboxylic acids is 1. The summed E-state index contributed by atoms with van der Waals surface area (Å²) in [7, 11) is -3.50. The molecule has 1 saturated heterocycles. The Morgan fingerprint density at radius 1 is 1.16 bits per heavy atom. The molecule has 9 heteroatoms. The molecule has 2 heterocycles. The molecule has 0 bridgehead atoms. The third kappa shape index (κ3) is 3.88. The Hall–Kier alpha value is -2.26. The van der Waals surface area contributed by atoms with Crippen molar-refractivity contribution >= 4 is 21.9 Å². The van der Waals surface area contributed by atoms with Gasteiger partial charge in [-0.05, 0) is 37.1 Å². The van der Waals surface area contributed by atoms with Crippen molar-refractivity contribution in [1.82, 2.24) is 14.5 Å². The summed E-state index contributed by atoms with van der Waals surface area (Å²) in [4.78, 5) is 12.4. The van der Waals surface area contributed by atoms with Crippen molar-refractivity contribution in [2.24, 2.45) is 0 Å². The van der Waals surface area contributed by atoms with Crippen LogP contribution in [0.2, 0.25) is 0 Å². The van der Waals surface area contributed by atoms with Gasteiger partial charge in [-0.1, -0.05) is 18.4 Å². The molecule has 1 amide bonds. The summed E-state index contributed by atoms with van der Waals surface area (Å²) in [5.41, 5.74) is 0.314. The van der Waals surface area contributed by atoms with Crippen molar-refractivity contribution in [2.45, 2.75) is 37.5 Å². The predicted octanol–water partition coefficient (Wildman–Crippen LogP) is 2.06. The summed E-state index contributed by atoms with van der Waals surface area (Å²) in [5, 5.41) is 9.98. The number of benzene rings is 1. The lowest BCUT2D eigenvalue weighted by Gasteiger charge is -2.25. The highest BCUT2D eigenvalue weighted by molar-refractivity contribution is 7.89. The Morgan fingerprint density at radius 3 is 2.44 bits per heavy atom. The number of anilines is 1. The summed E-state index contributed by atoms with van der Waals surface area (Å²) in [6, 6.07) is 5.87. The first-order valence-electron chi connectivity index (χ1n) is 8.24. The van der Waals surface area contributed by atoms with Crippen LogP contribution in [-0.2, 0) is 16.4 Å². The second-order valence-corrected chi connectivity index (χ2v) is 7.74. The molecular formula is C16H20N4O4S. The minimum Gasteiger partial charge on any atom is -0.408 e. The first-order chi connectivity index (χ1) is 12.0. The molecule has 1 aliphatic rings. The monoisotopic (exact) mass is 364 g/mol. The van der Waals surface area contributed by atoms with Crippen LogP contribution in [0.4, 0.5) is 6.01 Å². The lowest BCUT2D eigenvalue weighted by Crippen LogP contribution is -2.35. The fraction of sp³-hybridized carbons (Fsp3) is 0.438. The van der Waals surface area contributed by atoms with Gasteiger partial charge in [0.05, 0.1) is 4.90 Å². The van der Waals surface area contributed by atoms with E-state index in [0.29, 0.717) is 31.0 Å². The van der Waals surface area contributed by atoms with Crippen molar-refractivity contribution in [3.8, 4) is 0 Å². The first kappa shape index (κ1) is 17.6. The van der Waals surface area contributed by atoms with Crippen LogP contribution in [-0.4, -0.2) is 41.9 Å². The lowest BCUT2D eigenvalue weighted by atomic mass is 10.2. The number of piperidine rings is 1. The van der Waals surface area contributed by atoms with Gasteiger partial charge in [0.25, 0.3) is 5.91 Å². The normalized spacial score (nSPS) is 15.9. The van der Waals surface area contributed by atoms with Crippen molar-refractivity contribution in [3.63, 3.8) is 0 Å². The lowest BCUT2D eigenvalue weighted by molar-refractivity contribution is 0.102. The molecule has 8 nitrogen and oxygen atoms in total. The molecule has 0 spiro atoms. The van der Waals surface area contributed by atoms with Crippen LogP contribution in [0.15, 0.2) is 33.6 Å². The SMILES string of the molecule is CCc1nnc(NC(=O)c2ccc(S(=O)(=O)N3CCCCC3)cc2)o1. The van der Waals surface area contributed by atoms with Gasteiger partial charge in [0.2, 0.25) is 15.9 Å². The fourth-order valence-electron chi connectivity index (χ4n) is 2.65. The molecule has 0 radical (unpaired) electrons. The number of aryl methyl sites for hydroxylation is 1. The summed E-state index contributed by atoms with van der Waals surface area (Å²) in [6.07, 6.45) is 3.39. The zero-order chi connectivity index (χ0) is 17.9. The maximum Gasteiger partial charge on any atom is 0.322 e. The molecule has 0 saturated carbocycles. The standard InChI is InChI=1S/C16H20N4O4S/c1-2-14-18-19-16(24-14)17-15(21)12-6-8-13(9-7-12)25(22,23)20-10-4-3-5-11-20/h6-9H,2-5,10-11H2,1H3,(H,17,19,21). The van der Waals surface area contributed by atoms with Crippen LogP contribution < -0.4 is 5.32 Å². The van der Waals surface area contributed by atoms with E-state index in [1.807, 2.05) is 6.92 Å². The Kier molecular flexibility index (Phi) is 5.14. The average Bonchev–Trinajstić information content (AvgIpc) is 3.10. The number of nitrogens with one attached hydrogen (secondary N) is 1. The van der Waals surface area contributed by atoms with E-state index in [1.165, 1.54) is 28.6 Å². The van der Waals surface area contributed by atoms with E-state index in [-0.39, 0.29) is 10.9 Å². The summed E-state index contributed by atoms with van der Waals surface area (Å²) < 4.78 is 31.9. The quantitative estimate of drug-likeness (QED) is 0.870. The third-order valence-corrected chi connectivity index (χ3v) is 5.97. The van der Waals surface area contributed by atoms with Gasteiger partial charge >= 0.3 is 6.01 Å². The van der Waals surface area contributed by atoms with E-state index in [9.17, 15) is 13.2 Å². The smallest absolute Gasteiger partial charge is 0.322 e.